The highest BCUT2D eigenvalue weighted by molar-refractivity contribution is 9.10. The molecule has 0 aromatic heterocycles. The first kappa shape index (κ1) is 11.6. The highest BCUT2D eigenvalue weighted by atomic mass is 79.9. The van der Waals surface area contributed by atoms with E-state index >= 15 is 0 Å². The molecule has 1 aromatic carbocycles. The largest absolute Gasteiger partial charge is 0.495 e. The lowest BCUT2D eigenvalue weighted by atomic mass is 10.1. The molecule has 0 aliphatic rings. The van der Waals surface area contributed by atoms with Crippen LogP contribution in [0.25, 0.3) is 0 Å². The molecule has 0 aliphatic heterocycles. The molecular formula is C9H6BrFO4. The van der Waals surface area contributed by atoms with Gasteiger partial charge in [-0.05, 0) is 28.1 Å². The van der Waals surface area contributed by atoms with Gasteiger partial charge in [-0.3, -0.25) is 4.79 Å². The summed E-state index contributed by atoms with van der Waals surface area (Å²) in [6, 6.07) is 2.37. The maximum atomic E-state index is 13.4. The van der Waals surface area contributed by atoms with Gasteiger partial charge >= 0.3 is 5.97 Å². The van der Waals surface area contributed by atoms with Crippen molar-refractivity contribution in [2.24, 2.45) is 0 Å². The van der Waals surface area contributed by atoms with Gasteiger partial charge in [-0.25, -0.2) is 9.18 Å². The average Bonchev–Trinajstić information content (AvgIpc) is 2.21. The second-order valence-electron chi connectivity index (χ2n) is 2.58. The van der Waals surface area contributed by atoms with Crippen molar-refractivity contribution in [3.63, 3.8) is 0 Å². The van der Waals surface area contributed by atoms with Gasteiger partial charge in [0, 0.05) is 0 Å². The minimum Gasteiger partial charge on any atom is -0.495 e. The number of hydrogen-bond acceptors (Lipinski definition) is 3. The van der Waals surface area contributed by atoms with Gasteiger partial charge in [0.25, 0.3) is 5.78 Å². The van der Waals surface area contributed by atoms with E-state index in [1.807, 2.05) is 0 Å². The lowest BCUT2D eigenvalue weighted by Gasteiger charge is -2.06. The number of halogens is 2. The second-order valence-corrected chi connectivity index (χ2v) is 3.37. The number of carboxylic acid groups (broad SMARTS) is 1. The van der Waals surface area contributed by atoms with E-state index in [9.17, 15) is 14.0 Å². The number of aliphatic carboxylic acids is 1. The number of rotatable bonds is 3. The highest BCUT2D eigenvalue weighted by Gasteiger charge is 2.22. The Bertz CT molecular complexity index is 430. The van der Waals surface area contributed by atoms with Crippen molar-refractivity contribution < 1.29 is 23.8 Å². The van der Waals surface area contributed by atoms with Crippen LogP contribution in [0.2, 0.25) is 0 Å². The highest BCUT2D eigenvalue weighted by Crippen LogP contribution is 2.29. The summed E-state index contributed by atoms with van der Waals surface area (Å²) in [5.74, 6) is -3.75. The van der Waals surface area contributed by atoms with Crippen molar-refractivity contribution in [3.8, 4) is 5.75 Å². The second kappa shape index (κ2) is 4.39. The van der Waals surface area contributed by atoms with Crippen LogP contribution in [-0.4, -0.2) is 24.0 Å². The number of carbonyl (C=O) groups is 2. The van der Waals surface area contributed by atoms with Crippen molar-refractivity contribution in [2.75, 3.05) is 7.11 Å². The Balaban J connectivity index is 3.29. The number of hydrogen-bond donors (Lipinski definition) is 1. The number of benzene rings is 1. The van der Waals surface area contributed by atoms with E-state index in [-0.39, 0.29) is 10.2 Å². The van der Waals surface area contributed by atoms with Gasteiger partial charge in [0.1, 0.15) is 5.75 Å². The number of carbonyl (C=O) groups excluding carboxylic acids is 1. The number of methoxy groups -OCH3 is 1. The van der Waals surface area contributed by atoms with Crippen LogP contribution in [0.15, 0.2) is 16.6 Å². The fraction of sp³-hybridized carbons (Fsp3) is 0.111. The van der Waals surface area contributed by atoms with Crippen LogP contribution in [0.3, 0.4) is 0 Å². The molecule has 1 N–H and O–H groups in total. The summed E-state index contributed by atoms with van der Waals surface area (Å²) in [5.41, 5.74) is -0.504. The molecule has 15 heavy (non-hydrogen) atoms. The Morgan fingerprint density at radius 1 is 1.47 bits per heavy atom. The summed E-state index contributed by atoms with van der Waals surface area (Å²) >= 11 is 2.86. The molecule has 1 rings (SSSR count). The fourth-order valence-electron chi connectivity index (χ4n) is 0.980. The maximum Gasteiger partial charge on any atom is 0.377 e. The Labute approximate surface area is 92.8 Å². The normalized spacial score (nSPS) is 9.80. The zero-order valence-electron chi connectivity index (χ0n) is 7.58. The third-order valence-electron chi connectivity index (χ3n) is 1.71. The van der Waals surface area contributed by atoms with Crippen molar-refractivity contribution in [1.29, 1.82) is 0 Å². The fourth-order valence-corrected chi connectivity index (χ4v) is 1.49. The Hall–Kier alpha value is -1.43. The summed E-state index contributed by atoms with van der Waals surface area (Å²) in [5, 5.41) is 8.41. The lowest BCUT2D eigenvalue weighted by molar-refractivity contribution is -0.131. The first-order valence-corrected chi connectivity index (χ1v) is 4.58. The third-order valence-corrected chi connectivity index (χ3v) is 2.44. The first-order valence-electron chi connectivity index (χ1n) is 3.78. The minimum absolute atomic E-state index is 0.0721. The molecule has 0 bridgehead atoms. The van der Waals surface area contributed by atoms with Crippen LogP contribution >= 0.6 is 15.9 Å². The molecule has 1 aromatic rings. The summed E-state index contributed by atoms with van der Waals surface area (Å²) in [6.07, 6.45) is 0. The predicted molar refractivity (Wildman–Crippen MR) is 52.6 cm³/mol. The molecule has 0 heterocycles. The van der Waals surface area contributed by atoms with E-state index in [1.165, 1.54) is 13.2 Å². The molecule has 6 heteroatoms. The van der Waals surface area contributed by atoms with Crippen molar-refractivity contribution in [2.45, 2.75) is 0 Å². The van der Waals surface area contributed by atoms with Crippen molar-refractivity contribution >= 4 is 27.7 Å². The number of ether oxygens (including phenoxy) is 1. The van der Waals surface area contributed by atoms with Crippen LogP contribution < -0.4 is 4.74 Å². The van der Waals surface area contributed by atoms with Crippen LogP contribution in [0, 0.1) is 5.82 Å². The van der Waals surface area contributed by atoms with E-state index in [0.717, 1.165) is 6.07 Å². The predicted octanol–water partition coefficient (Wildman–Crippen LogP) is 1.86. The van der Waals surface area contributed by atoms with Crippen molar-refractivity contribution in [1.82, 2.24) is 0 Å². The standard InChI is InChI=1S/C9H6BrFO4/c1-15-5-3-2-4(7(11)6(5)10)8(12)9(13)14/h2-3H,1H3,(H,13,14). The van der Waals surface area contributed by atoms with Gasteiger partial charge in [0.15, 0.2) is 5.82 Å². The number of ketones is 1. The average molecular weight is 277 g/mol. The monoisotopic (exact) mass is 276 g/mol. The van der Waals surface area contributed by atoms with E-state index < -0.39 is 23.1 Å². The van der Waals surface area contributed by atoms with Gasteiger partial charge in [0.05, 0.1) is 17.1 Å². The molecular weight excluding hydrogens is 271 g/mol. The Morgan fingerprint density at radius 2 is 2.07 bits per heavy atom. The summed E-state index contributed by atoms with van der Waals surface area (Å²) in [6.45, 7) is 0. The van der Waals surface area contributed by atoms with E-state index in [2.05, 4.69) is 15.9 Å². The Morgan fingerprint density at radius 3 is 2.53 bits per heavy atom. The van der Waals surface area contributed by atoms with Crippen molar-refractivity contribution in [3.05, 3.63) is 28.0 Å². The molecule has 0 saturated heterocycles. The molecule has 0 saturated carbocycles. The third kappa shape index (κ3) is 2.15. The topological polar surface area (TPSA) is 63.6 Å². The molecule has 80 valence electrons. The first-order chi connectivity index (χ1) is 6.99. The Kier molecular flexibility index (Phi) is 3.41. The van der Waals surface area contributed by atoms with Crippen LogP contribution in [0.1, 0.15) is 10.4 Å². The zero-order chi connectivity index (χ0) is 11.6. The van der Waals surface area contributed by atoms with Gasteiger partial charge in [-0.1, -0.05) is 0 Å². The summed E-state index contributed by atoms with van der Waals surface area (Å²) < 4.78 is 18.2. The molecule has 4 nitrogen and oxygen atoms in total. The molecule has 0 amide bonds. The van der Waals surface area contributed by atoms with Gasteiger partial charge < -0.3 is 9.84 Å². The van der Waals surface area contributed by atoms with Gasteiger partial charge in [0.2, 0.25) is 0 Å². The van der Waals surface area contributed by atoms with Gasteiger partial charge in [-0.15, -0.1) is 0 Å². The van der Waals surface area contributed by atoms with E-state index in [4.69, 9.17) is 9.84 Å². The summed E-state index contributed by atoms with van der Waals surface area (Å²) in [7, 11) is 1.33. The SMILES string of the molecule is COc1ccc(C(=O)C(=O)O)c(F)c1Br. The molecule has 0 spiro atoms. The number of Topliss-reactive ketones (excluding diaryl/α,β-unsaturated/α-hetero) is 1. The maximum absolute atomic E-state index is 13.4. The lowest BCUT2D eigenvalue weighted by Crippen LogP contribution is -2.14. The minimum atomic E-state index is -1.70. The van der Waals surface area contributed by atoms with Crippen LogP contribution in [0.5, 0.6) is 5.75 Å². The van der Waals surface area contributed by atoms with Gasteiger partial charge in [-0.2, -0.15) is 0 Å². The quantitative estimate of drug-likeness (QED) is 0.676. The van der Waals surface area contributed by atoms with Crippen LogP contribution in [0.4, 0.5) is 4.39 Å². The molecule has 0 aliphatic carbocycles. The molecule has 0 radical (unpaired) electrons. The smallest absolute Gasteiger partial charge is 0.377 e. The van der Waals surface area contributed by atoms with E-state index in [0.29, 0.717) is 0 Å². The van der Waals surface area contributed by atoms with E-state index in [1.54, 1.807) is 0 Å². The summed E-state index contributed by atoms with van der Waals surface area (Å²) in [4.78, 5) is 21.4. The molecule has 0 unspecified atom stereocenters. The molecule has 0 fully saturated rings. The molecule has 0 atom stereocenters. The van der Waals surface area contributed by atoms with Crippen LogP contribution in [-0.2, 0) is 4.79 Å². The number of carboxylic acids is 1. The zero-order valence-corrected chi connectivity index (χ0v) is 9.17.